The summed E-state index contributed by atoms with van der Waals surface area (Å²) in [6, 6.07) is 8.23. The van der Waals surface area contributed by atoms with Crippen LogP contribution in [0.5, 0.6) is 0 Å². The molecule has 0 aliphatic carbocycles. The molecular weight excluding hydrogens is 240 g/mol. The summed E-state index contributed by atoms with van der Waals surface area (Å²) in [5, 5.41) is 5.29. The minimum Gasteiger partial charge on any atom is -0.305 e. The van der Waals surface area contributed by atoms with Gasteiger partial charge in [-0.2, -0.15) is 0 Å². The molecule has 1 aromatic carbocycles. The van der Waals surface area contributed by atoms with Crippen molar-refractivity contribution in [2.75, 3.05) is 0 Å². The number of halogens is 2. The molecule has 1 heterocycles. The van der Waals surface area contributed by atoms with Crippen molar-refractivity contribution in [3.8, 4) is 0 Å². The van der Waals surface area contributed by atoms with E-state index in [9.17, 15) is 8.78 Å². The van der Waals surface area contributed by atoms with Crippen molar-refractivity contribution < 1.29 is 8.78 Å². The van der Waals surface area contributed by atoms with Crippen molar-refractivity contribution in [3.05, 3.63) is 57.8 Å². The summed E-state index contributed by atoms with van der Waals surface area (Å²) >= 11 is 1.68. The first-order valence-electron chi connectivity index (χ1n) is 5.37. The van der Waals surface area contributed by atoms with Gasteiger partial charge in [-0.3, -0.25) is 0 Å². The third-order valence-electron chi connectivity index (χ3n) is 2.57. The van der Waals surface area contributed by atoms with Gasteiger partial charge in [0.2, 0.25) is 0 Å². The zero-order valence-electron chi connectivity index (χ0n) is 9.41. The van der Waals surface area contributed by atoms with E-state index in [1.165, 1.54) is 10.9 Å². The summed E-state index contributed by atoms with van der Waals surface area (Å²) in [4.78, 5) is 1.23. The highest BCUT2D eigenvalue weighted by molar-refractivity contribution is 7.10. The lowest BCUT2D eigenvalue weighted by Gasteiger charge is -2.12. The fourth-order valence-electron chi connectivity index (χ4n) is 1.56. The van der Waals surface area contributed by atoms with E-state index in [1.54, 1.807) is 17.4 Å². The van der Waals surface area contributed by atoms with Gasteiger partial charge in [0.1, 0.15) is 0 Å². The molecule has 0 saturated heterocycles. The maximum Gasteiger partial charge on any atom is 0.159 e. The lowest BCUT2D eigenvalue weighted by molar-refractivity contribution is 0.504. The summed E-state index contributed by atoms with van der Waals surface area (Å²) in [7, 11) is 0. The van der Waals surface area contributed by atoms with Gasteiger partial charge in [0, 0.05) is 17.5 Å². The zero-order chi connectivity index (χ0) is 12.3. The van der Waals surface area contributed by atoms with Crippen molar-refractivity contribution in [1.82, 2.24) is 5.32 Å². The minimum absolute atomic E-state index is 0.211. The van der Waals surface area contributed by atoms with E-state index < -0.39 is 11.6 Å². The first-order valence-corrected chi connectivity index (χ1v) is 6.25. The lowest BCUT2D eigenvalue weighted by atomic mass is 10.2. The molecule has 17 heavy (non-hydrogen) atoms. The van der Waals surface area contributed by atoms with Crippen LogP contribution in [0, 0.1) is 11.6 Å². The molecule has 0 unspecified atom stereocenters. The van der Waals surface area contributed by atoms with Gasteiger partial charge in [-0.25, -0.2) is 8.78 Å². The second-order valence-electron chi connectivity index (χ2n) is 3.87. The second-order valence-corrected chi connectivity index (χ2v) is 4.85. The summed E-state index contributed by atoms with van der Waals surface area (Å²) < 4.78 is 25.7. The molecule has 2 rings (SSSR count). The topological polar surface area (TPSA) is 12.0 Å². The van der Waals surface area contributed by atoms with Gasteiger partial charge < -0.3 is 5.32 Å². The molecule has 1 atom stereocenters. The highest BCUT2D eigenvalue weighted by atomic mass is 32.1. The van der Waals surface area contributed by atoms with Gasteiger partial charge in [-0.05, 0) is 36.1 Å². The molecule has 0 fully saturated rings. The molecule has 0 spiro atoms. The average Bonchev–Trinajstić information content (AvgIpc) is 2.84. The quantitative estimate of drug-likeness (QED) is 0.872. The molecule has 0 bridgehead atoms. The Kier molecular flexibility index (Phi) is 3.86. The molecule has 1 aromatic heterocycles. The normalized spacial score (nSPS) is 12.6. The molecular formula is C13H13F2NS. The predicted octanol–water partition coefficient (Wildman–Crippen LogP) is 3.88. The summed E-state index contributed by atoms with van der Waals surface area (Å²) in [5.74, 6) is -1.60. The number of rotatable bonds is 4. The van der Waals surface area contributed by atoms with E-state index in [-0.39, 0.29) is 6.04 Å². The van der Waals surface area contributed by atoms with Gasteiger partial charge in [0.05, 0.1) is 0 Å². The second kappa shape index (κ2) is 5.38. The third kappa shape index (κ3) is 3.11. The number of nitrogens with one attached hydrogen (secondary N) is 1. The molecule has 90 valence electrons. The first-order chi connectivity index (χ1) is 8.16. The van der Waals surface area contributed by atoms with Gasteiger partial charge in [0.15, 0.2) is 11.6 Å². The fraction of sp³-hybridized carbons (Fsp3) is 0.231. The van der Waals surface area contributed by atoms with E-state index in [1.807, 2.05) is 24.4 Å². The summed E-state index contributed by atoms with van der Waals surface area (Å²) in [6.07, 6.45) is 0. The fourth-order valence-corrected chi connectivity index (χ4v) is 2.32. The SMILES string of the molecule is C[C@H](NCc1ccc(F)c(F)c1)c1cccs1. The Bertz CT molecular complexity index is 482. The maximum absolute atomic E-state index is 13.0. The van der Waals surface area contributed by atoms with Crippen LogP contribution in [0.3, 0.4) is 0 Å². The van der Waals surface area contributed by atoms with E-state index in [0.29, 0.717) is 6.54 Å². The van der Waals surface area contributed by atoms with Crippen LogP contribution in [0.25, 0.3) is 0 Å². The molecule has 0 aliphatic heterocycles. The number of hydrogen-bond donors (Lipinski definition) is 1. The standard InChI is InChI=1S/C13H13F2NS/c1-9(13-3-2-6-17-13)16-8-10-4-5-11(14)12(15)7-10/h2-7,9,16H,8H2,1H3/t9-/m0/s1. The Balaban J connectivity index is 1.96. The number of hydrogen-bond acceptors (Lipinski definition) is 2. The van der Waals surface area contributed by atoms with Crippen LogP contribution in [-0.4, -0.2) is 0 Å². The van der Waals surface area contributed by atoms with Crippen molar-refractivity contribution in [2.24, 2.45) is 0 Å². The molecule has 1 N–H and O–H groups in total. The van der Waals surface area contributed by atoms with E-state index in [0.717, 1.165) is 11.6 Å². The van der Waals surface area contributed by atoms with Crippen LogP contribution in [0.2, 0.25) is 0 Å². The van der Waals surface area contributed by atoms with Crippen LogP contribution in [0.4, 0.5) is 8.78 Å². The van der Waals surface area contributed by atoms with Crippen LogP contribution < -0.4 is 5.32 Å². The Hall–Kier alpha value is -1.26. The molecule has 0 saturated carbocycles. The highest BCUT2D eigenvalue weighted by Gasteiger charge is 2.07. The van der Waals surface area contributed by atoms with Crippen LogP contribution >= 0.6 is 11.3 Å². The molecule has 1 nitrogen and oxygen atoms in total. The number of benzene rings is 1. The Morgan fingerprint density at radius 2 is 2.06 bits per heavy atom. The molecule has 4 heteroatoms. The Morgan fingerprint density at radius 1 is 1.24 bits per heavy atom. The Labute approximate surface area is 103 Å². The summed E-state index contributed by atoms with van der Waals surface area (Å²) in [6.45, 7) is 2.57. The largest absolute Gasteiger partial charge is 0.305 e. The molecule has 0 aliphatic rings. The lowest BCUT2D eigenvalue weighted by Crippen LogP contribution is -2.17. The van der Waals surface area contributed by atoms with Crippen LogP contribution in [0.1, 0.15) is 23.4 Å². The van der Waals surface area contributed by atoms with Gasteiger partial charge >= 0.3 is 0 Å². The maximum atomic E-state index is 13.0. The summed E-state index contributed by atoms with van der Waals surface area (Å²) in [5.41, 5.74) is 0.743. The van der Waals surface area contributed by atoms with Crippen LogP contribution in [0.15, 0.2) is 35.7 Å². The van der Waals surface area contributed by atoms with E-state index >= 15 is 0 Å². The van der Waals surface area contributed by atoms with Crippen molar-refractivity contribution in [3.63, 3.8) is 0 Å². The Morgan fingerprint density at radius 3 is 2.71 bits per heavy atom. The molecule has 0 radical (unpaired) electrons. The third-order valence-corrected chi connectivity index (χ3v) is 3.62. The van der Waals surface area contributed by atoms with Crippen molar-refractivity contribution >= 4 is 11.3 Å². The predicted molar refractivity (Wildman–Crippen MR) is 65.9 cm³/mol. The van der Waals surface area contributed by atoms with Crippen molar-refractivity contribution in [1.29, 1.82) is 0 Å². The van der Waals surface area contributed by atoms with Crippen LogP contribution in [-0.2, 0) is 6.54 Å². The van der Waals surface area contributed by atoms with Gasteiger partial charge in [-0.15, -0.1) is 11.3 Å². The molecule has 0 amide bonds. The minimum atomic E-state index is -0.806. The average molecular weight is 253 g/mol. The smallest absolute Gasteiger partial charge is 0.159 e. The van der Waals surface area contributed by atoms with Gasteiger partial charge in [-0.1, -0.05) is 12.1 Å². The van der Waals surface area contributed by atoms with E-state index in [4.69, 9.17) is 0 Å². The van der Waals surface area contributed by atoms with Gasteiger partial charge in [0.25, 0.3) is 0 Å². The monoisotopic (exact) mass is 253 g/mol. The first kappa shape index (κ1) is 12.2. The molecule has 2 aromatic rings. The zero-order valence-corrected chi connectivity index (χ0v) is 10.2. The van der Waals surface area contributed by atoms with E-state index in [2.05, 4.69) is 5.32 Å². The highest BCUT2D eigenvalue weighted by Crippen LogP contribution is 2.18. The number of thiophene rings is 1. The van der Waals surface area contributed by atoms with Crippen molar-refractivity contribution in [2.45, 2.75) is 19.5 Å².